The third-order valence-corrected chi connectivity index (χ3v) is 4.17. The Morgan fingerprint density at radius 2 is 1.83 bits per heavy atom. The molecular weight excluding hydrogens is 292 g/mol. The standard InChI is InChI=1S/C18H18N2O3/c1-23-16-4-2-13(3-5-16)17(12-20)14(11-19)10-18(22)8-6-15(21)7-9-18/h2-5,22H,6-10H2,1H3/b17-14-. The van der Waals surface area contributed by atoms with Gasteiger partial charge in [0.15, 0.2) is 0 Å². The molecule has 0 unspecified atom stereocenters. The van der Waals surface area contributed by atoms with Gasteiger partial charge in [-0.15, -0.1) is 0 Å². The van der Waals surface area contributed by atoms with Crippen LogP contribution in [0, 0.1) is 22.7 Å². The lowest BCUT2D eigenvalue weighted by molar-refractivity contribution is -0.125. The van der Waals surface area contributed by atoms with E-state index in [0.717, 1.165) is 0 Å². The molecule has 0 atom stereocenters. The van der Waals surface area contributed by atoms with E-state index in [-0.39, 0.29) is 23.4 Å². The van der Waals surface area contributed by atoms with Crippen LogP contribution in [0.3, 0.4) is 0 Å². The number of rotatable bonds is 4. The molecule has 1 N–H and O–H groups in total. The summed E-state index contributed by atoms with van der Waals surface area (Å²) in [4.78, 5) is 11.3. The van der Waals surface area contributed by atoms with E-state index >= 15 is 0 Å². The Bertz CT molecular complexity index is 695. The second-order valence-corrected chi connectivity index (χ2v) is 5.75. The van der Waals surface area contributed by atoms with Crippen LogP contribution < -0.4 is 4.74 Å². The van der Waals surface area contributed by atoms with Gasteiger partial charge in [0.25, 0.3) is 0 Å². The van der Waals surface area contributed by atoms with E-state index in [9.17, 15) is 20.4 Å². The summed E-state index contributed by atoms with van der Waals surface area (Å²) in [6.45, 7) is 0. The maximum atomic E-state index is 11.3. The van der Waals surface area contributed by atoms with E-state index in [1.807, 2.05) is 6.07 Å². The Hall–Kier alpha value is -2.63. The van der Waals surface area contributed by atoms with E-state index in [4.69, 9.17) is 4.74 Å². The highest BCUT2D eigenvalue weighted by Gasteiger charge is 2.34. The van der Waals surface area contributed by atoms with Crippen LogP contribution in [0.2, 0.25) is 0 Å². The maximum Gasteiger partial charge on any atom is 0.133 e. The molecule has 1 aliphatic rings. The minimum Gasteiger partial charge on any atom is -0.497 e. The van der Waals surface area contributed by atoms with Crippen molar-refractivity contribution in [3.8, 4) is 17.9 Å². The summed E-state index contributed by atoms with van der Waals surface area (Å²) in [6, 6.07) is 11.0. The molecule has 23 heavy (non-hydrogen) atoms. The molecule has 1 aliphatic carbocycles. The predicted octanol–water partition coefficient (Wildman–Crippen LogP) is 2.76. The first kappa shape index (κ1) is 16.7. The van der Waals surface area contributed by atoms with Crippen LogP contribution in [-0.2, 0) is 4.79 Å². The first-order chi connectivity index (χ1) is 11.0. The van der Waals surface area contributed by atoms with Gasteiger partial charge in [-0.1, -0.05) is 0 Å². The SMILES string of the molecule is COc1ccc(/C(C#N)=C(\C#N)CC2(O)CCC(=O)CC2)cc1. The molecule has 1 aromatic rings. The molecule has 0 spiro atoms. The number of carbonyl (C=O) groups is 1. The number of benzene rings is 1. The van der Waals surface area contributed by atoms with Gasteiger partial charge in [-0.05, 0) is 42.7 Å². The minimum absolute atomic E-state index is 0.0890. The third kappa shape index (κ3) is 3.97. The second-order valence-electron chi connectivity index (χ2n) is 5.75. The molecule has 2 rings (SSSR count). The van der Waals surface area contributed by atoms with Crippen LogP contribution in [0.1, 0.15) is 37.7 Å². The van der Waals surface area contributed by atoms with Crippen LogP contribution in [0.15, 0.2) is 29.8 Å². The minimum atomic E-state index is -1.09. The normalized spacial score (nSPS) is 17.7. The molecule has 1 aromatic carbocycles. The zero-order chi connectivity index (χ0) is 16.9. The van der Waals surface area contributed by atoms with Crippen LogP contribution >= 0.6 is 0 Å². The number of carbonyl (C=O) groups excluding carboxylic acids is 1. The average molecular weight is 310 g/mol. The summed E-state index contributed by atoms with van der Waals surface area (Å²) in [5, 5.41) is 29.5. The molecular formula is C18H18N2O3. The van der Waals surface area contributed by atoms with Crippen molar-refractivity contribution in [2.45, 2.75) is 37.7 Å². The molecule has 1 fully saturated rings. The lowest BCUT2D eigenvalue weighted by Crippen LogP contribution is -2.34. The fraction of sp³-hybridized carbons (Fsp3) is 0.389. The largest absolute Gasteiger partial charge is 0.497 e. The Labute approximate surface area is 135 Å². The van der Waals surface area contributed by atoms with Crippen LogP contribution in [0.25, 0.3) is 5.57 Å². The first-order valence-corrected chi connectivity index (χ1v) is 7.43. The molecule has 0 heterocycles. The van der Waals surface area contributed by atoms with Gasteiger partial charge in [-0.2, -0.15) is 10.5 Å². The number of nitrogens with zero attached hydrogens (tertiary/aromatic N) is 2. The number of Topliss-reactive ketones (excluding diaryl/α,β-unsaturated/α-hetero) is 1. The number of hydrogen-bond donors (Lipinski definition) is 1. The average Bonchev–Trinajstić information content (AvgIpc) is 2.58. The summed E-state index contributed by atoms with van der Waals surface area (Å²) in [5.74, 6) is 0.793. The van der Waals surface area contributed by atoms with E-state index in [0.29, 0.717) is 37.0 Å². The Morgan fingerprint density at radius 1 is 1.22 bits per heavy atom. The van der Waals surface area contributed by atoms with Crippen molar-refractivity contribution in [1.29, 1.82) is 10.5 Å². The highest BCUT2D eigenvalue weighted by Crippen LogP contribution is 2.34. The number of allylic oxidation sites excluding steroid dienone is 1. The Kier molecular flexibility index (Phi) is 5.16. The van der Waals surface area contributed by atoms with E-state index in [2.05, 4.69) is 6.07 Å². The summed E-state index contributed by atoms with van der Waals surface area (Å²) in [5.41, 5.74) is 0.0170. The molecule has 0 amide bonds. The zero-order valence-electron chi connectivity index (χ0n) is 13.0. The molecule has 5 nitrogen and oxygen atoms in total. The number of aliphatic hydroxyl groups is 1. The van der Waals surface area contributed by atoms with Gasteiger partial charge in [-0.3, -0.25) is 4.79 Å². The lowest BCUT2D eigenvalue weighted by Gasteiger charge is -2.31. The van der Waals surface area contributed by atoms with Gasteiger partial charge >= 0.3 is 0 Å². The molecule has 5 heteroatoms. The monoisotopic (exact) mass is 310 g/mol. The van der Waals surface area contributed by atoms with Crippen LogP contribution in [0.4, 0.5) is 0 Å². The van der Waals surface area contributed by atoms with Crippen LogP contribution in [0.5, 0.6) is 5.75 Å². The Morgan fingerprint density at radius 3 is 2.30 bits per heavy atom. The fourth-order valence-electron chi connectivity index (χ4n) is 2.75. The smallest absolute Gasteiger partial charge is 0.133 e. The van der Waals surface area contributed by atoms with Gasteiger partial charge in [0.2, 0.25) is 0 Å². The van der Waals surface area contributed by atoms with Crippen LogP contribution in [-0.4, -0.2) is 23.6 Å². The summed E-state index contributed by atoms with van der Waals surface area (Å²) in [6.07, 6.45) is 1.39. The van der Waals surface area contributed by atoms with Crippen molar-refractivity contribution in [2.75, 3.05) is 7.11 Å². The highest BCUT2D eigenvalue weighted by atomic mass is 16.5. The number of ketones is 1. The zero-order valence-corrected chi connectivity index (χ0v) is 13.0. The molecule has 0 aliphatic heterocycles. The van der Waals surface area contributed by atoms with Crippen molar-refractivity contribution in [3.05, 3.63) is 35.4 Å². The topological polar surface area (TPSA) is 94.1 Å². The van der Waals surface area contributed by atoms with E-state index < -0.39 is 5.60 Å². The number of hydrogen-bond acceptors (Lipinski definition) is 5. The molecule has 0 aromatic heterocycles. The predicted molar refractivity (Wildman–Crippen MR) is 84.2 cm³/mol. The summed E-state index contributed by atoms with van der Waals surface area (Å²) >= 11 is 0. The number of ether oxygens (including phenoxy) is 1. The number of nitriles is 2. The molecule has 0 radical (unpaired) electrons. The first-order valence-electron chi connectivity index (χ1n) is 7.43. The molecule has 118 valence electrons. The van der Waals surface area contributed by atoms with Gasteiger partial charge in [-0.25, -0.2) is 0 Å². The van der Waals surface area contributed by atoms with E-state index in [1.54, 1.807) is 31.4 Å². The maximum absolute atomic E-state index is 11.3. The fourth-order valence-corrected chi connectivity index (χ4v) is 2.75. The van der Waals surface area contributed by atoms with Gasteiger partial charge < -0.3 is 9.84 Å². The van der Waals surface area contributed by atoms with E-state index in [1.165, 1.54) is 0 Å². The van der Waals surface area contributed by atoms with Crippen molar-refractivity contribution >= 4 is 11.4 Å². The van der Waals surface area contributed by atoms with Gasteiger partial charge in [0.1, 0.15) is 17.6 Å². The second kappa shape index (κ2) is 7.09. The Balaban J connectivity index is 2.31. The van der Waals surface area contributed by atoms with Gasteiger partial charge in [0, 0.05) is 19.3 Å². The third-order valence-electron chi connectivity index (χ3n) is 4.17. The summed E-state index contributed by atoms with van der Waals surface area (Å²) in [7, 11) is 1.55. The van der Waals surface area contributed by atoms with Crippen molar-refractivity contribution in [1.82, 2.24) is 0 Å². The molecule has 0 saturated heterocycles. The van der Waals surface area contributed by atoms with Gasteiger partial charge in [0.05, 0.1) is 29.9 Å². The summed E-state index contributed by atoms with van der Waals surface area (Å²) < 4.78 is 5.08. The number of methoxy groups -OCH3 is 1. The van der Waals surface area contributed by atoms with Crippen molar-refractivity contribution in [3.63, 3.8) is 0 Å². The lowest BCUT2D eigenvalue weighted by atomic mass is 9.79. The highest BCUT2D eigenvalue weighted by molar-refractivity contribution is 5.82. The molecule has 1 saturated carbocycles. The van der Waals surface area contributed by atoms with Crippen molar-refractivity contribution < 1.29 is 14.6 Å². The van der Waals surface area contributed by atoms with Crippen molar-refractivity contribution in [2.24, 2.45) is 0 Å². The quantitative estimate of drug-likeness (QED) is 0.863. The molecule has 0 bridgehead atoms.